The maximum absolute atomic E-state index is 12.1. The molecule has 2 N–H and O–H groups in total. The predicted molar refractivity (Wildman–Crippen MR) is 88.1 cm³/mol. The van der Waals surface area contributed by atoms with Crippen LogP contribution in [0.2, 0.25) is 0 Å². The van der Waals surface area contributed by atoms with Gasteiger partial charge in [0.05, 0.1) is 10.6 Å². The summed E-state index contributed by atoms with van der Waals surface area (Å²) in [5.41, 5.74) is -1.02. The molecule has 1 heterocycles. The van der Waals surface area contributed by atoms with E-state index in [0.29, 0.717) is 0 Å². The van der Waals surface area contributed by atoms with E-state index in [0.717, 1.165) is 4.47 Å². The van der Waals surface area contributed by atoms with E-state index in [1.54, 1.807) is 12.1 Å². The smallest absolute Gasteiger partial charge is 0.348 e. The summed E-state index contributed by atoms with van der Waals surface area (Å²) in [6.07, 6.45) is 0. The standard InChI is InChI=1S/C14H13BrN2O5S/c1-8-7-12(18)13(14(19)22-8)9(2)16-17-23(20,21)11-5-3-10(15)4-6-11/h3-7,17-18H,1-2H3/b16-9+. The molecule has 1 aromatic carbocycles. The molecule has 0 aliphatic rings. The Kier molecular flexibility index (Phi) is 4.90. The minimum atomic E-state index is -3.89. The summed E-state index contributed by atoms with van der Waals surface area (Å²) in [5.74, 6) is -0.0951. The summed E-state index contributed by atoms with van der Waals surface area (Å²) in [6.45, 7) is 2.89. The molecular formula is C14H13BrN2O5S. The van der Waals surface area contributed by atoms with Crippen molar-refractivity contribution in [2.24, 2.45) is 5.10 Å². The zero-order valence-electron chi connectivity index (χ0n) is 12.2. The van der Waals surface area contributed by atoms with Crippen molar-refractivity contribution in [2.75, 3.05) is 0 Å². The zero-order chi connectivity index (χ0) is 17.2. The molecule has 0 amide bonds. The maximum Gasteiger partial charge on any atom is 0.348 e. The molecule has 2 rings (SSSR count). The zero-order valence-corrected chi connectivity index (χ0v) is 14.6. The van der Waals surface area contributed by atoms with Crippen molar-refractivity contribution in [2.45, 2.75) is 18.7 Å². The van der Waals surface area contributed by atoms with Crippen LogP contribution in [0.3, 0.4) is 0 Å². The summed E-state index contributed by atoms with van der Waals surface area (Å²) in [5, 5.41) is 13.5. The average molecular weight is 401 g/mol. The first-order valence-corrected chi connectivity index (χ1v) is 8.64. The largest absolute Gasteiger partial charge is 0.507 e. The van der Waals surface area contributed by atoms with Crippen LogP contribution < -0.4 is 10.5 Å². The van der Waals surface area contributed by atoms with Gasteiger partial charge in [-0.25, -0.2) is 4.79 Å². The molecule has 0 aliphatic carbocycles. The van der Waals surface area contributed by atoms with Crippen molar-refractivity contribution in [3.63, 3.8) is 0 Å². The Labute approximate surface area is 140 Å². The van der Waals surface area contributed by atoms with Gasteiger partial charge in [-0.3, -0.25) is 0 Å². The lowest BCUT2D eigenvalue weighted by Gasteiger charge is -2.06. The van der Waals surface area contributed by atoms with Crippen molar-refractivity contribution in [1.29, 1.82) is 0 Å². The van der Waals surface area contributed by atoms with Gasteiger partial charge in [-0.2, -0.15) is 18.4 Å². The van der Waals surface area contributed by atoms with E-state index in [1.165, 1.54) is 32.0 Å². The van der Waals surface area contributed by atoms with Crippen molar-refractivity contribution >= 4 is 31.7 Å². The molecule has 0 fully saturated rings. The van der Waals surface area contributed by atoms with Crippen LogP contribution in [-0.4, -0.2) is 19.2 Å². The van der Waals surface area contributed by atoms with Crippen molar-refractivity contribution in [1.82, 2.24) is 4.83 Å². The molecule has 0 bridgehead atoms. The highest BCUT2D eigenvalue weighted by Crippen LogP contribution is 2.16. The van der Waals surface area contributed by atoms with Gasteiger partial charge >= 0.3 is 5.63 Å². The fourth-order valence-electron chi connectivity index (χ4n) is 1.78. The lowest BCUT2D eigenvalue weighted by atomic mass is 10.2. The number of aromatic hydroxyl groups is 1. The molecule has 2 aromatic rings. The number of hydrogen-bond acceptors (Lipinski definition) is 6. The predicted octanol–water partition coefficient (Wildman–Crippen LogP) is 2.12. The van der Waals surface area contributed by atoms with Crippen LogP contribution in [-0.2, 0) is 10.0 Å². The summed E-state index contributed by atoms with van der Waals surface area (Å²) in [7, 11) is -3.89. The minimum Gasteiger partial charge on any atom is -0.507 e. The van der Waals surface area contributed by atoms with Crippen LogP contribution >= 0.6 is 15.9 Å². The quantitative estimate of drug-likeness (QED) is 0.603. The van der Waals surface area contributed by atoms with Gasteiger partial charge < -0.3 is 9.52 Å². The highest BCUT2D eigenvalue weighted by molar-refractivity contribution is 9.10. The summed E-state index contributed by atoms with van der Waals surface area (Å²) >= 11 is 3.21. The number of nitrogens with zero attached hydrogens (tertiary/aromatic N) is 1. The minimum absolute atomic E-state index is 0.0115. The molecule has 0 atom stereocenters. The summed E-state index contributed by atoms with van der Waals surface area (Å²) < 4.78 is 29.8. The van der Waals surface area contributed by atoms with E-state index in [-0.39, 0.29) is 27.7 Å². The van der Waals surface area contributed by atoms with Gasteiger partial charge in [0.25, 0.3) is 10.0 Å². The summed E-state index contributed by atoms with van der Waals surface area (Å²) in [4.78, 5) is 13.8. The van der Waals surface area contributed by atoms with E-state index in [4.69, 9.17) is 4.42 Å². The fourth-order valence-corrected chi connectivity index (χ4v) is 2.90. The van der Waals surface area contributed by atoms with Crippen molar-refractivity contribution in [3.8, 4) is 5.75 Å². The van der Waals surface area contributed by atoms with Crippen molar-refractivity contribution < 1.29 is 17.9 Å². The van der Waals surface area contributed by atoms with Crippen LogP contribution in [0.1, 0.15) is 18.2 Å². The van der Waals surface area contributed by atoms with Crippen LogP contribution in [0.5, 0.6) is 5.75 Å². The molecule has 1 aromatic heterocycles. The Bertz CT molecular complexity index is 917. The van der Waals surface area contributed by atoms with Gasteiger partial charge in [-0.05, 0) is 38.1 Å². The van der Waals surface area contributed by atoms with Crippen LogP contribution in [0, 0.1) is 6.92 Å². The van der Waals surface area contributed by atoms with Crippen LogP contribution in [0.25, 0.3) is 0 Å². The van der Waals surface area contributed by atoms with E-state index < -0.39 is 15.6 Å². The number of hydrazone groups is 1. The van der Waals surface area contributed by atoms with Gasteiger partial charge in [-0.1, -0.05) is 15.9 Å². The normalized spacial score (nSPS) is 12.2. The third-order valence-electron chi connectivity index (χ3n) is 2.87. The number of nitrogens with one attached hydrogen (secondary N) is 1. The molecule has 0 saturated heterocycles. The van der Waals surface area contributed by atoms with Gasteiger partial charge in [0.1, 0.15) is 17.1 Å². The Morgan fingerprint density at radius 2 is 1.91 bits per heavy atom. The number of rotatable bonds is 4. The monoisotopic (exact) mass is 400 g/mol. The van der Waals surface area contributed by atoms with E-state index in [2.05, 4.69) is 21.0 Å². The number of hydrogen-bond donors (Lipinski definition) is 2. The Morgan fingerprint density at radius 3 is 2.48 bits per heavy atom. The molecule has 0 aliphatic heterocycles. The molecule has 9 heteroatoms. The second-order valence-electron chi connectivity index (χ2n) is 4.65. The molecule has 0 radical (unpaired) electrons. The third-order valence-corrected chi connectivity index (χ3v) is 4.63. The highest BCUT2D eigenvalue weighted by atomic mass is 79.9. The number of halogens is 1. The van der Waals surface area contributed by atoms with E-state index in [1.807, 2.05) is 4.83 Å². The van der Waals surface area contributed by atoms with Crippen LogP contribution in [0.4, 0.5) is 0 Å². The second kappa shape index (κ2) is 6.55. The topological polar surface area (TPSA) is 109 Å². The van der Waals surface area contributed by atoms with Gasteiger partial charge in [0, 0.05) is 10.5 Å². The SMILES string of the molecule is C/C(=N\NS(=O)(=O)c1ccc(Br)cc1)c1c(O)cc(C)oc1=O. The van der Waals surface area contributed by atoms with E-state index >= 15 is 0 Å². The molecule has 23 heavy (non-hydrogen) atoms. The summed E-state index contributed by atoms with van der Waals surface area (Å²) in [6, 6.07) is 7.19. The Morgan fingerprint density at radius 1 is 1.30 bits per heavy atom. The molecule has 0 unspecified atom stereocenters. The molecular weight excluding hydrogens is 388 g/mol. The first-order chi connectivity index (χ1) is 10.7. The van der Waals surface area contributed by atoms with Crippen LogP contribution in [0.15, 0.2) is 54.0 Å². The Balaban J connectivity index is 2.33. The molecule has 7 nitrogen and oxygen atoms in total. The number of sulfonamides is 1. The number of aryl methyl sites for hydroxylation is 1. The maximum atomic E-state index is 12.1. The lowest BCUT2D eigenvalue weighted by Crippen LogP contribution is -2.22. The highest BCUT2D eigenvalue weighted by Gasteiger charge is 2.16. The fraction of sp³-hybridized carbons (Fsp3) is 0.143. The molecule has 122 valence electrons. The molecule has 0 saturated carbocycles. The first kappa shape index (κ1) is 17.2. The molecule has 0 spiro atoms. The van der Waals surface area contributed by atoms with Crippen molar-refractivity contribution in [3.05, 3.63) is 56.5 Å². The Hall–Kier alpha value is -2.13. The van der Waals surface area contributed by atoms with Gasteiger partial charge in [-0.15, -0.1) is 0 Å². The van der Waals surface area contributed by atoms with Gasteiger partial charge in [0.2, 0.25) is 0 Å². The average Bonchev–Trinajstić information content (AvgIpc) is 2.44. The van der Waals surface area contributed by atoms with Gasteiger partial charge in [0.15, 0.2) is 0 Å². The lowest BCUT2D eigenvalue weighted by molar-refractivity contribution is 0.432. The third kappa shape index (κ3) is 3.99. The first-order valence-electron chi connectivity index (χ1n) is 6.36. The number of benzene rings is 1. The van der Waals surface area contributed by atoms with E-state index in [9.17, 15) is 18.3 Å². The second-order valence-corrected chi connectivity index (χ2v) is 7.23.